The number of hydrogen-bond donors (Lipinski definition) is 1. The Morgan fingerprint density at radius 2 is 1.56 bits per heavy atom. The van der Waals surface area contributed by atoms with Crippen LogP contribution < -0.4 is 5.32 Å². The van der Waals surface area contributed by atoms with Crippen LogP contribution in [0.5, 0.6) is 0 Å². The fourth-order valence-corrected chi connectivity index (χ4v) is 1.41. The van der Waals surface area contributed by atoms with Crippen molar-refractivity contribution in [1.29, 1.82) is 0 Å². The quantitative estimate of drug-likeness (QED) is 0.524. The molecule has 16 heavy (non-hydrogen) atoms. The van der Waals surface area contributed by atoms with E-state index in [4.69, 9.17) is 9.47 Å². The smallest absolute Gasteiger partial charge is 0.0487 e. The van der Waals surface area contributed by atoms with Gasteiger partial charge in [0.25, 0.3) is 0 Å². The molecule has 0 radical (unpaired) electrons. The van der Waals surface area contributed by atoms with E-state index in [1.807, 2.05) is 6.92 Å². The van der Waals surface area contributed by atoms with Crippen molar-refractivity contribution in [3.8, 4) is 0 Å². The molecule has 0 heterocycles. The molecule has 0 bridgehead atoms. The highest BCUT2D eigenvalue weighted by Crippen LogP contribution is 1.96. The molecular weight excluding hydrogens is 202 g/mol. The number of nitrogens with one attached hydrogen (secondary N) is 1. The molecule has 0 amide bonds. The van der Waals surface area contributed by atoms with Crippen LogP contribution in [0.1, 0.15) is 46.5 Å². The lowest BCUT2D eigenvalue weighted by molar-refractivity contribution is 0.0861. The summed E-state index contributed by atoms with van der Waals surface area (Å²) in [6.45, 7) is 10.9. The van der Waals surface area contributed by atoms with Crippen molar-refractivity contribution in [3.05, 3.63) is 0 Å². The molecular formula is C13H29NO2. The Hall–Kier alpha value is -0.120. The van der Waals surface area contributed by atoms with E-state index >= 15 is 0 Å². The summed E-state index contributed by atoms with van der Waals surface area (Å²) in [6, 6.07) is 0.606. The Bertz CT molecular complexity index is 129. The van der Waals surface area contributed by atoms with Crippen LogP contribution in [-0.4, -0.2) is 39.0 Å². The Balaban J connectivity index is 2.88. The summed E-state index contributed by atoms with van der Waals surface area (Å²) in [6.07, 6.45) is 4.70. The predicted octanol–water partition coefficient (Wildman–Crippen LogP) is 2.60. The molecule has 0 saturated carbocycles. The summed E-state index contributed by atoms with van der Waals surface area (Å²) >= 11 is 0. The molecule has 3 heteroatoms. The highest BCUT2D eigenvalue weighted by atomic mass is 16.5. The summed E-state index contributed by atoms with van der Waals surface area (Å²) in [5.41, 5.74) is 0. The zero-order chi connectivity index (χ0) is 12.1. The molecule has 0 fully saturated rings. The maximum Gasteiger partial charge on any atom is 0.0487 e. The molecule has 0 rings (SSSR count). The molecule has 0 aromatic rings. The summed E-state index contributed by atoms with van der Waals surface area (Å²) < 4.78 is 10.7. The Morgan fingerprint density at radius 1 is 0.875 bits per heavy atom. The topological polar surface area (TPSA) is 30.5 Å². The van der Waals surface area contributed by atoms with E-state index in [2.05, 4.69) is 19.2 Å². The average molecular weight is 231 g/mol. The van der Waals surface area contributed by atoms with E-state index < -0.39 is 0 Å². The minimum Gasteiger partial charge on any atom is -0.382 e. The number of ether oxygens (including phenoxy) is 2. The summed E-state index contributed by atoms with van der Waals surface area (Å²) in [5, 5.41) is 3.41. The van der Waals surface area contributed by atoms with E-state index in [9.17, 15) is 0 Å². The van der Waals surface area contributed by atoms with Gasteiger partial charge in [0.1, 0.15) is 0 Å². The first kappa shape index (κ1) is 15.9. The lowest BCUT2D eigenvalue weighted by Crippen LogP contribution is -2.23. The molecule has 0 aliphatic carbocycles. The Labute approximate surface area is 101 Å². The second-order valence-electron chi connectivity index (χ2n) is 4.33. The van der Waals surface area contributed by atoms with Crippen LogP contribution in [0.4, 0.5) is 0 Å². The van der Waals surface area contributed by atoms with Gasteiger partial charge in [0, 0.05) is 32.5 Å². The Kier molecular flexibility index (Phi) is 12.9. The van der Waals surface area contributed by atoms with Crippen molar-refractivity contribution < 1.29 is 9.47 Å². The van der Waals surface area contributed by atoms with Crippen molar-refractivity contribution in [2.75, 3.05) is 33.0 Å². The third-order valence-electron chi connectivity index (χ3n) is 2.30. The van der Waals surface area contributed by atoms with E-state index in [1.165, 1.54) is 19.3 Å². The summed E-state index contributed by atoms with van der Waals surface area (Å²) in [5.74, 6) is 0. The van der Waals surface area contributed by atoms with Crippen LogP contribution in [0.3, 0.4) is 0 Å². The van der Waals surface area contributed by atoms with E-state index in [1.54, 1.807) is 0 Å². The second kappa shape index (κ2) is 12.9. The maximum atomic E-state index is 5.51. The summed E-state index contributed by atoms with van der Waals surface area (Å²) in [4.78, 5) is 0. The van der Waals surface area contributed by atoms with E-state index in [-0.39, 0.29) is 0 Å². The highest BCUT2D eigenvalue weighted by Gasteiger charge is 1.93. The van der Waals surface area contributed by atoms with Gasteiger partial charge in [-0.15, -0.1) is 0 Å². The van der Waals surface area contributed by atoms with Gasteiger partial charge in [0.2, 0.25) is 0 Å². The molecule has 0 saturated heterocycles. The van der Waals surface area contributed by atoms with Gasteiger partial charge in [-0.1, -0.05) is 13.8 Å². The lowest BCUT2D eigenvalue weighted by atomic mass is 10.2. The van der Waals surface area contributed by atoms with E-state index in [0.29, 0.717) is 6.04 Å². The van der Waals surface area contributed by atoms with Crippen LogP contribution in [0.25, 0.3) is 0 Å². The second-order valence-corrected chi connectivity index (χ2v) is 4.33. The van der Waals surface area contributed by atoms with Crippen LogP contribution in [-0.2, 0) is 9.47 Å². The van der Waals surface area contributed by atoms with E-state index in [0.717, 1.165) is 39.4 Å². The lowest BCUT2D eigenvalue weighted by Gasteiger charge is -2.07. The summed E-state index contributed by atoms with van der Waals surface area (Å²) in [7, 11) is 0. The molecule has 0 unspecified atom stereocenters. The number of hydrogen-bond acceptors (Lipinski definition) is 3. The van der Waals surface area contributed by atoms with Gasteiger partial charge in [-0.05, 0) is 39.2 Å². The third kappa shape index (κ3) is 13.9. The van der Waals surface area contributed by atoms with Crippen LogP contribution in [0.2, 0.25) is 0 Å². The molecule has 0 aromatic heterocycles. The SMILES string of the molecule is CCOCCCOCCCCCNC(C)C. The third-order valence-corrected chi connectivity index (χ3v) is 2.30. The van der Waals surface area contributed by atoms with Crippen molar-refractivity contribution in [2.45, 2.75) is 52.5 Å². The molecule has 0 aliphatic heterocycles. The van der Waals surface area contributed by atoms with Gasteiger partial charge in [-0.3, -0.25) is 0 Å². The van der Waals surface area contributed by atoms with Crippen molar-refractivity contribution in [1.82, 2.24) is 5.32 Å². The van der Waals surface area contributed by atoms with Gasteiger partial charge < -0.3 is 14.8 Å². The first-order chi connectivity index (χ1) is 7.77. The molecule has 3 nitrogen and oxygen atoms in total. The van der Waals surface area contributed by atoms with Crippen LogP contribution in [0.15, 0.2) is 0 Å². The molecule has 98 valence electrons. The monoisotopic (exact) mass is 231 g/mol. The van der Waals surface area contributed by atoms with Gasteiger partial charge in [-0.2, -0.15) is 0 Å². The van der Waals surface area contributed by atoms with Gasteiger partial charge in [-0.25, -0.2) is 0 Å². The largest absolute Gasteiger partial charge is 0.382 e. The molecule has 0 aromatic carbocycles. The minimum absolute atomic E-state index is 0.606. The fourth-order valence-electron chi connectivity index (χ4n) is 1.41. The van der Waals surface area contributed by atoms with Crippen molar-refractivity contribution in [3.63, 3.8) is 0 Å². The van der Waals surface area contributed by atoms with Crippen molar-refractivity contribution in [2.24, 2.45) is 0 Å². The number of unbranched alkanes of at least 4 members (excludes halogenated alkanes) is 2. The molecule has 0 atom stereocenters. The van der Waals surface area contributed by atoms with Gasteiger partial charge >= 0.3 is 0 Å². The fraction of sp³-hybridized carbons (Fsp3) is 1.00. The van der Waals surface area contributed by atoms with Crippen LogP contribution in [0, 0.1) is 0 Å². The average Bonchev–Trinajstić information content (AvgIpc) is 2.25. The molecule has 0 aliphatic rings. The Morgan fingerprint density at radius 3 is 2.25 bits per heavy atom. The van der Waals surface area contributed by atoms with Crippen LogP contribution >= 0.6 is 0 Å². The van der Waals surface area contributed by atoms with Gasteiger partial charge in [0.05, 0.1) is 0 Å². The van der Waals surface area contributed by atoms with Crippen molar-refractivity contribution >= 4 is 0 Å². The number of rotatable bonds is 12. The first-order valence-corrected chi connectivity index (χ1v) is 6.66. The zero-order valence-electron chi connectivity index (χ0n) is 11.3. The van der Waals surface area contributed by atoms with Gasteiger partial charge in [0.15, 0.2) is 0 Å². The minimum atomic E-state index is 0.606. The predicted molar refractivity (Wildman–Crippen MR) is 68.9 cm³/mol. The zero-order valence-corrected chi connectivity index (χ0v) is 11.3. The normalized spacial score (nSPS) is 11.2. The standard InChI is InChI=1S/C13H29NO2/c1-4-15-11-8-12-16-10-7-5-6-9-14-13(2)3/h13-14H,4-12H2,1-3H3. The highest BCUT2D eigenvalue weighted by molar-refractivity contribution is 4.52. The molecule has 0 spiro atoms. The molecule has 1 N–H and O–H groups in total. The first-order valence-electron chi connectivity index (χ1n) is 6.66. The maximum absolute atomic E-state index is 5.51.